The van der Waals surface area contributed by atoms with E-state index in [1.807, 2.05) is 0 Å². The molecule has 0 aliphatic rings. The maximum absolute atomic E-state index is 12.9. The van der Waals surface area contributed by atoms with Crippen molar-refractivity contribution < 1.29 is 32.9 Å². The van der Waals surface area contributed by atoms with Gasteiger partial charge in [0.25, 0.3) is 0 Å². The number of nitrogens with zero attached hydrogens (tertiary/aromatic N) is 1. The molecule has 25 heavy (non-hydrogen) atoms. The monoisotopic (exact) mass is 364 g/mol. The largest absolute Gasteiger partial charge is 0.444 e. The maximum atomic E-state index is 12.9. The normalized spacial score (nSPS) is 14.7. The van der Waals surface area contributed by atoms with Crippen LogP contribution in [-0.2, 0) is 4.74 Å². The molecule has 6 nitrogen and oxygen atoms in total. The molecule has 9 heteroatoms. The highest BCUT2D eigenvalue weighted by Crippen LogP contribution is 2.35. The quantitative estimate of drug-likeness (QED) is 0.719. The van der Waals surface area contributed by atoms with Crippen molar-refractivity contribution in [2.75, 3.05) is 11.9 Å². The second-order valence-electron chi connectivity index (χ2n) is 6.58. The van der Waals surface area contributed by atoms with Crippen molar-refractivity contribution in [1.29, 1.82) is 0 Å². The molecule has 2 atom stereocenters. The van der Waals surface area contributed by atoms with Gasteiger partial charge in [0, 0.05) is 6.61 Å². The SMILES string of the molecule is CC(C)(C)OC(=O)Nc1cccc(C(O)CC(CCO)C(F)(F)F)n1. The van der Waals surface area contributed by atoms with Gasteiger partial charge in [0.05, 0.1) is 17.7 Å². The van der Waals surface area contributed by atoms with Crippen LogP contribution < -0.4 is 5.32 Å². The molecule has 0 spiro atoms. The first-order chi connectivity index (χ1) is 11.4. The summed E-state index contributed by atoms with van der Waals surface area (Å²) in [4.78, 5) is 15.6. The van der Waals surface area contributed by atoms with Gasteiger partial charge < -0.3 is 14.9 Å². The zero-order chi connectivity index (χ0) is 19.3. The number of hydrogen-bond acceptors (Lipinski definition) is 5. The lowest BCUT2D eigenvalue weighted by atomic mass is 9.96. The molecule has 0 bridgehead atoms. The summed E-state index contributed by atoms with van der Waals surface area (Å²) in [6, 6.07) is 4.24. The van der Waals surface area contributed by atoms with Gasteiger partial charge in [-0.25, -0.2) is 9.78 Å². The van der Waals surface area contributed by atoms with Crippen molar-refractivity contribution in [3.63, 3.8) is 0 Å². The number of aliphatic hydroxyl groups is 2. The van der Waals surface area contributed by atoms with Crippen LogP contribution >= 0.6 is 0 Å². The summed E-state index contributed by atoms with van der Waals surface area (Å²) < 4.78 is 43.7. The predicted molar refractivity (Wildman–Crippen MR) is 84.9 cm³/mol. The van der Waals surface area contributed by atoms with Crippen LogP contribution in [0.5, 0.6) is 0 Å². The molecule has 0 fully saturated rings. The van der Waals surface area contributed by atoms with Crippen molar-refractivity contribution >= 4 is 11.9 Å². The summed E-state index contributed by atoms with van der Waals surface area (Å²) in [5.41, 5.74) is -0.730. The Morgan fingerprint density at radius 2 is 1.96 bits per heavy atom. The summed E-state index contributed by atoms with van der Waals surface area (Å²) >= 11 is 0. The molecule has 0 aromatic carbocycles. The zero-order valence-electron chi connectivity index (χ0n) is 14.3. The van der Waals surface area contributed by atoms with Crippen LogP contribution in [0.4, 0.5) is 23.8 Å². The fraction of sp³-hybridized carbons (Fsp3) is 0.625. The molecular weight excluding hydrogens is 341 g/mol. The number of ether oxygens (including phenoxy) is 1. The first kappa shape index (κ1) is 21.2. The molecule has 0 saturated carbocycles. The van der Waals surface area contributed by atoms with Gasteiger partial charge in [-0.05, 0) is 45.7 Å². The lowest BCUT2D eigenvalue weighted by molar-refractivity contribution is -0.186. The Kier molecular flexibility index (Phi) is 7.18. The van der Waals surface area contributed by atoms with Gasteiger partial charge in [-0.1, -0.05) is 6.07 Å². The van der Waals surface area contributed by atoms with E-state index in [1.54, 1.807) is 20.8 Å². The molecule has 0 aliphatic carbocycles. The Hall–Kier alpha value is -1.87. The number of halogens is 3. The predicted octanol–water partition coefficient (Wildman–Crippen LogP) is 3.41. The first-order valence-electron chi connectivity index (χ1n) is 7.75. The van der Waals surface area contributed by atoms with Gasteiger partial charge in [-0.3, -0.25) is 5.32 Å². The lowest BCUT2D eigenvalue weighted by Crippen LogP contribution is -2.28. The van der Waals surface area contributed by atoms with E-state index in [0.717, 1.165) is 0 Å². The number of hydrogen-bond donors (Lipinski definition) is 3. The standard InChI is InChI=1S/C16H23F3N2O4/c1-15(2,3)25-14(24)21-13-6-4-5-11(20-13)12(23)9-10(7-8-22)16(17,18)19/h4-6,10,12,22-23H,7-9H2,1-3H3,(H,20,21,24). The van der Waals surface area contributed by atoms with Crippen molar-refractivity contribution in [3.8, 4) is 0 Å². The van der Waals surface area contributed by atoms with E-state index in [4.69, 9.17) is 9.84 Å². The van der Waals surface area contributed by atoms with E-state index in [9.17, 15) is 23.1 Å². The molecule has 1 aromatic heterocycles. The number of amides is 1. The van der Waals surface area contributed by atoms with E-state index >= 15 is 0 Å². The van der Waals surface area contributed by atoms with E-state index in [2.05, 4.69) is 10.3 Å². The highest BCUT2D eigenvalue weighted by Gasteiger charge is 2.40. The first-order valence-corrected chi connectivity index (χ1v) is 7.75. The number of nitrogens with one attached hydrogen (secondary N) is 1. The Balaban J connectivity index is 2.80. The number of anilines is 1. The van der Waals surface area contributed by atoms with Crippen LogP contribution in [0.3, 0.4) is 0 Å². The maximum Gasteiger partial charge on any atom is 0.413 e. The minimum atomic E-state index is -4.53. The van der Waals surface area contributed by atoms with Gasteiger partial charge >= 0.3 is 12.3 Å². The van der Waals surface area contributed by atoms with Crippen molar-refractivity contribution in [1.82, 2.24) is 4.98 Å². The van der Waals surface area contributed by atoms with Crippen LogP contribution in [0.2, 0.25) is 0 Å². The lowest BCUT2D eigenvalue weighted by Gasteiger charge is -2.22. The number of carbonyl (C=O) groups excluding carboxylic acids is 1. The number of aliphatic hydroxyl groups excluding tert-OH is 2. The van der Waals surface area contributed by atoms with Gasteiger partial charge in [-0.15, -0.1) is 0 Å². The van der Waals surface area contributed by atoms with Gasteiger partial charge in [0.2, 0.25) is 0 Å². The van der Waals surface area contributed by atoms with E-state index in [-0.39, 0.29) is 11.5 Å². The van der Waals surface area contributed by atoms with Crippen LogP contribution in [0, 0.1) is 5.92 Å². The molecular formula is C16H23F3N2O4. The smallest absolute Gasteiger partial charge is 0.413 e. The van der Waals surface area contributed by atoms with E-state index in [0.29, 0.717) is 0 Å². The summed E-state index contributed by atoms with van der Waals surface area (Å²) in [6.07, 6.45) is -7.92. The Labute approximate surface area is 144 Å². The topological polar surface area (TPSA) is 91.7 Å². The van der Waals surface area contributed by atoms with Crippen LogP contribution in [0.1, 0.15) is 45.4 Å². The highest BCUT2D eigenvalue weighted by atomic mass is 19.4. The molecule has 0 radical (unpaired) electrons. The fourth-order valence-corrected chi connectivity index (χ4v) is 2.08. The van der Waals surface area contributed by atoms with Crippen LogP contribution in [-0.4, -0.2) is 39.7 Å². The summed E-state index contributed by atoms with van der Waals surface area (Å²) in [5.74, 6) is -1.80. The molecule has 1 amide bonds. The average molecular weight is 364 g/mol. The molecule has 142 valence electrons. The highest BCUT2D eigenvalue weighted by molar-refractivity contribution is 5.83. The Morgan fingerprint density at radius 3 is 2.48 bits per heavy atom. The molecule has 2 unspecified atom stereocenters. The molecule has 1 heterocycles. The van der Waals surface area contributed by atoms with Gasteiger partial charge in [0.1, 0.15) is 11.4 Å². The minimum absolute atomic E-state index is 0.0132. The molecule has 0 aliphatic heterocycles. The number of rotatable bonds is 6. The number of aromatic nitrogens is 1. The average Bonchev–Trinajstić information content (AvgIpc) is 2.43. The van der Waals surface area contributed by atoms with Gasteiger partial charge in [0.15, 0.2) is 0 Å². The van der Waals surface area contributed by atoms with Crippen molar-refractivity contribution in [3.05, 3.63) is 23.9 Å². The zero-order valence-corrected chi connectivity index (χ0v) is 14.3. The third kappa shape index (κ3) is 7.70. The van der Waals surface area contributed by atoms with Crippen molar-refractivity contribution in [2.24, 2.45) is 5.92 Å². The number of carbonyl (C=O) groups is 1. The van der Waals surface area contributed by atoms with Crippen molar-refractivity contribution in [2.45, 2.75) is 51.5 Å². The third-order valence-electron chi connectivity index (χ3n) is 3.19. The minimum Gasteiger partial charge on any atom is -0.444 e. The second kappa shape index (κ2) is 8.48. The van der Waals surface area contributed by atoms with Gasteiger partial charge in [-0.2, -0.15) is 13.2 Å². The molecule has 1 aromatic rings. The summed E-state index contributed by atoms with van der Waals surface area (Å²) in [7, 11) is 0. The number of pyridine rings is 1. The molecule has 0 saturated heterocycles. The Bertz CT molecular complexity index is 573. The third-order valence-corrected chi connectivity index (χ3v) is 3.19. The second-order valence-corrected chi connectivity index (χ2v) is 6.58. The summed E-state index contributed by atoms with van der Waals surface area (Å²) in [6.45, 7) is 4.40. The van der Waals surface area contributed by atoms with Crippen LogP contribution in [0.15, 0.2) is 18.2 Å². The van der Waals surface area contributed by atoms with E-state index < -0.39 is 49.3 Å². The summed E-state index contributed by atoms with van der Waals surface area (Å²) in [5, 5.41) is 21.2. The number of alkyl halides is 3. The van der Waals surface area contributed by atoms with Crippen LogP contribution in [0.25, 0.3) is 0 Å². The molecule has 3 N–H and O–H groups in total. The fourth-order valence-electron chi connectivity index (χ4n) is 2.08. The Morgan fingerprint density at radius 1 is 1.32 bits per heavy atom. The van der Waals surface area contributed by atoms with E-state index in [1.165, 1.54) is 18.2 Å². The molecule has 1 rings (SSSR count).